The Hall–Kier alpha value is -2.04. The molecule has 0 heterocycles. The Morgan fingerprint density at radius 1 is 1.16 bits per heavy atom. The standard InChI is InChI=1S/C14H18O5/c1-4-9(15)13-12(18)6-11(17)8(14(13)19)5-10(16)7(2)3/h6-7,17-19H,4-5H2,1-3H3. The predicted octanol–water partition coefficient (Wildman–Crippen LogP) is 2.16. The number of carbonyl (C=O) groups is 2. The number of aromatic hydroxyl groups is 3. The Bertz CT molecular complexity index is 517. The molecule has 0 bridgehead atoms. The maximum atomic E-state index is 11.7. The molecule has 0 unspecified atom stereocenters. The minimum absolute atomic E-state index is 0.0201. The van der Waals surface area contributed by atoms with Crippen molar-refractivity contribution >= 4 is 11.6 Å². The molecule has 0 aliphatic carbocycles. The highest BCUT2D eigenvalue weighted by Gasteiger charge is 2.23. The van der Waals surface area contributed by atoms with Crippen molar-refractivity contribution in [2.24, 2.45) is 5.92 Å². The summed E-state index contributed by atoms with van der Waals surface area (Å²) in [7, 11) is 0. The van der Waals surface area contributed by atoms with Crippen molar-refractivity contribution in [2.75, 3.05) is 0 Å². The van der Waals surface area contributed by atoms with E-state index in [1.54, 1.807) is 20.8 Å². The van der Waals surface area contributed by atoms with Gasteiger partial charge in [0.1, 0.15) is 28.6 Å². The van der Waals surface area contributed by atoms with Gasteiger partial charge in [-0.2, -0.15) is 0 Å². The largest absolute Gasteiger partial charge is 0.507 e. The average Bonchev–Trinajstić information content (AvgIpc) is 2.33. The van der Waals surface area contributed by atoms with Crippen LogP contribution >= 0.6 is 0 Å². The summed E-state index contributed by atoms with van der Waals surface area (Å²) in [6, 6.07) is 0.978. The van der Waals surface area contributed by atoms with Gasteiger partial charge in [0, 0.05) is 30.4 Å². The first-order valence-corrected chi connectivity index (χ1v) is 6.12. The summed E-state index contributed by atoms with van der Waals surface area (Å²) in [5.41, 5.74) is -0.264. The zero-order valence-corrected chi connectivity index (χ0v) is 11.2. The molecule has 1 aromatic rings. The second-order valence-electron chi connectivity index (χ2n) is 4.69. The minimum Gasteiger partial charge on any atom is -0.507 e. The number of benzene rings is 1. The Balaban J connectivity index is 3.33. The fraction of sp³-hybridized carbons (Fsp3) is 0.429. The van der Waals surface area contributed by atoms with Crippen molar-refractivity contribution < 1.29 is 24.9 Å². The van der Waals surface area contributed by atoms with Crippen LogP contribution < -0.4 is 0 Å². The Labute approximate surface area is 111 Å². The van der Waals surface area contributed by atoms with Gasteiger partial charge in [-0.05, 0) is 0 Å². The van der Waals surface area contributed by atoms with E-state index in [1.807, 2.05) is 0 Å². The smallest absolute Gasteiger partial charge is 0.170 e. The van der Waals surface area contributed by atoms with E-state index in [9.17, 15) is 24.9 Å². The van der Waals surface area contributed by atoms with E-state index < -0.39 is 23.0 Å². The van der Waals surface area contributed by atoms with Gasteiger partial charge in [-0.3, -0.25) is 9.59 Å². The monoisotopic (exact) mass is 266 g/mol. The fourth-order valence-corrected chi connectivity index (χ4v) is 1.69. The third-order valence-corrected chi connectivity index (χ3v) is 2.96. The van der Waals surface area contributed by atoms with Gasteiger partial charge in [-0.15, -0.1) is 0 Å². The van der Waals surface area contributed by atoms with Gasteiger partial charge in [0.15, 0.2) is 5.78 Å². The number of carbonyl (C=O) groups excluding carboxylic acids is 2. The molecule has 0 aromatic heterocycles. The number of hydrogen-bond acceptors (Lipinski definition) is 5. The third-order valence-electron chi connectivity index (χ3n) is 2.96. The molecule has 5 heteroatoms. The molecule has 5 nitrogen and oxygen atoms in total. The summed E-state index contributed by atoms with van der Waals surface area (Å²) in [6.45, 7) is 5.00. The lowest BCUT2D eigenvalue weighted by Crippen LogP contribution is -2.11. The molecule has 0 amide bonds. The van der Waals surface area contributed by atoms with E-state index in [0.29, 0.717) is 0 Å². The van der Waals surface area contributed by atoms with Crippen LogP contribution in [0.5, 0.6) is 17.2 Å². The zero-order valence-electron chi connectivity index (χ0n) is 11.2. The van der Waals surface area contributed by atoms with Crippen LogP contribution in [0.25, 0.3) is 0 Å². The highest BCUT2D eigenvalue weighted by molar-refractivity contribution is 6.02. The summed E-state index contributed by atoms with van der Waals surface area (Å²) < 4.78 is 0. The molecule has 3 N–H and O–H groups in total. The van der Waals surface area contributed by atoms with Gasteiger partial charge in [0.05, 0.1) is 0 Å². The van der Waals surface area contributed by atoms with E-state index in [0.717, 1.165) is 6.07 Å². The quantitative estimate of drug-likeness (QED) is 0.710. The van der Waals surface area contributed by atoms with Gasteiger partial charge in [-0.1, -0.05) is 20.8 Å². The highest BCUT2D eigenvalue weighted by atomic mass is 16.3. The maximum absolute atomic E-state index is 11.7. The third kappa shape index (κ3) is 3.05. The predicted molar refractivity (Wildman–Crippen MR) is 69.6 cm³/mol. The summed E-state index contributed by atoms with van der Waals surface area (Å²) in [5.74, 6) is -2.27. The first-order chi connectivity index (χ1) is 8.79. The average molecular weight is 266 g/mol. The van der Waals surface area contributed by atoms with E-state index in [4.69, 9.17) is 0 Å². The van der Waals surface area contributed by atoms with Crippen LogP contribution in [-0.4, -0.2) is 26.9 Å². The number of rotatable bonds is 5. The number of phenols is 3. The molecule has 104 valence electrons. The lowest BCUT2D eigenvalue weighted by molar-refractivity contribution is -0.121. The molecule has 0 aliphatic rings. The molecule has 0 saturated heterocycles. The summed E-state index contributed by atoms with van der Waals surface area (Å²) >= 11 is 0. The van der Waals surface area contributed by atoms with Gasteiger partial charge in [-0.25, -0.2) is 0 Å². The first-order valence-electron chi connectivity index (χ1n) is 6.12. The summed E-state index contributed by atoms with van der Waals surface area (Å²) in [4.78, 5) is 23.3. The number of hydrogen-bond donors (Lipinski definition) is 3. The van der Waals surface area contributed by atoms with Crippen LogP contribution in [0, 0.1) is 5.92 Å². The Morgan fingerprint density at radius 2 is 1.74 bits per heavy atom. The molecule has 0 fully saturated rings. The summed E-state index contributed by atoms with van der Waals surface area (Å²) in [5, 5.41) is 29.3. The molecule has 0 aliphatic heterocycles. The Kier molecular flexibility index (Phi) is 4.53. The van der Waals surface area contributed by atoms with Crippen molar-refractivity contribution in [3.63, 3.8) is 0 Å². The molecule has 0 atom stereocenters. The van der Waals surface area contributed by atoms with Gasteiger partial charge in [0.2, 0.25) is 0 Å². The maximum Gasteiger partial charge on any atom is 0.170 e. The second-order valence-corrected chi connectivity index (χ2v) is 4.69. The van der Waals surface area contributed by atoms with Crippen LogP contribution in [-0.2, 0) is 11.2 Å². The highest BCUT2D eigenvalue weighted by Crippen LogP contribution is 2.38. The molecule has 0 radical (unpaired) electrons. The number of ketones is 2. The fourth-order valence-electron chi connectivity index (χ4n) is 1.69. The van der Waals surface area contributed by atoms with Crippen LogP contribution in [0.4, 0.5) is 0 Å². The molecule has 1 aromatic carbocycles. The molecular weight excluding hydrogens is 248 g/mol. The van der Waals surface area contributed by atoms with Crippen LogP contribution in [0.15, 0.2) is 6.07 Å². The van der Waals surface area contributed by atoms with Crippen LogP contribution in [0.3, 0.4) is 0 Å². The van der Waals surface area contributed by atoms with Crippen molar-refractivity contribution in [3.8, 4) is 17.2 Å². The zero-order chi connectivity index (χ0) is 14.7. The van der Waals surface area contributed by atoms with Crippen molar-refractivity contribution in [3.05, 3.63) is 17.2 Å². The molecule has 1 rings (SSSR count). The summed E-state index contributed by atoms with van der Waals surface area (Å²) in [6.07, 6.45) is -0.0803. The van der Waals surface area contributed by atoms with E-state index in [1.165, 1.54) is 0 Å². The van der Waals surface area contributed by atoms with E-state index in [2.05, 4.69) is 0 Å². The number of Topliss-reactive ketones (excluding diaryl/α,β-unsaturated/α-hetero) is 2. The van der Waals surface area contributed by atoms with Crippen molar-refractivity contribution in [1.82, 2.24) is 0 Å². The lowest BCUT2D eigenvalue weighted by atomic mass is 9.95. The lowest BCUT2D eigenvalue weighted by Gasteiger charge is -2.13. The minimum atomic E-state index is -0.515. The SMILES string of the molecule is CCC(=O)c1c(O)cc(O)c(CC(=O)C(C)C)c1O. The van der Waals surface area contributed by atoms with Crippen LogP contribution in [0.1, 0.15) is 43.1 Å². The van der Waals surface area contributed by atoms with E-state index >= 15 is 0 Å². The van der Waals surface area contributed by atoms with Gasteiger partial charge in [0.25, 0.3) is 0 Å². The second kappa shape index (κ2) is 5.73. The van der Waals surface area contributed by atoms with Gasteiger partial charge >= 0.3 is 0 Å². The van der Waals surface area contributed by atoms with E-state index in [-0.39, 0.29) is 35.7 Å². The van der Waals surface area contributed by atoms with Crippen LogP contribution in [0.2, 0.25) is 0 Å². The molecule has 19 heavy (non-hydrogen) atoms. The van der Waals surface area contributed by atoms with Crippen molar-refractivity contribution in [1.29, 1.82) is 0 Å². The molecule has 0 saturated carbocycles. The first kappa shape index (κ1) is 15.0. The van der Waals surface area contributed by atoms with Crippen molar-refractivity contribution in [2.45, 2.75) is 33.6 Å². The molecule has 0 spiro atoms. The Morgan fingerprint density at radius 3 is 2.21 bits per heavy atom. The van der Waals surface area contributed by atoms with Gasteiger partial charge < -0.3 is 15.3 Å². The normalized spacial score (nSPS) is 10.7. The number of phenolic OH excluding ortho intramolecular Hbond substituents is 3. The molecular formula is C14H18O5. The topological polar surface area (TPSA) is 94.8 Å².